The lowest BCUT2D eigenvalue weighted by Crippen LogP contribution is -2.35. The Labute approximate surface area is 157 Å². The van der Waals surface area contributed by atoms with Gasteiger partial charge in [0.25, 0.3) is 11.5 Å². The van der Waals surface area contributed by atoms with Crippen molar-refractivity contribution in [1.82, 2.24) is 24.8 Å². The van der Waals surface area contributed by atoms with Crippen LogP contribution in [0.3, 0.4) is 0 Å². The van der Waals surface area contributed by atoms with Crippen LogP contribution < -0.4 is 15.6 Å². The molecule has 28 heavy (non-hydrogen) atoms. The van der Waals surface area contributed by atoms with Crippen LogP contribution in [-0.2, 0) is 11.8 Å². The molecule has 0 atom stereocenters. The van der Waals surface area contributed by atoms with Crippen LogP contribution in [0.1, 0.15) is 10.4 Å². The maximum Gasteiger partial charge on any atom is 0.322 e. The second kappa shape index (κ2) is 7.31. The summed E-state index contributed by atoms with van der Waals surface area (Å²) in [5.41, 5.74) is -0.126. The molecule has 0 bridgehead atoms. The molecule has 0 aliphatic heterocycles. The molecule has 0 aromatic carbocycles. The van der Waals surface area contributed by atoms with E-state index in [-0.39, 0.29) is 17.0 Å². The fourth-order valence-electron chi connectivity index (χ4n) is 2.58. The third kappa shape index (κ3) is 3.32. The van der Waals surface area contributed by atoms with Crippen LogP contribution in [0, 0.1) is 0 Å². The molecule has 0 unspecified atom stereocenters. The smallest absolute Gasteiger partial charge is 0.322 e. The fourth-order valence-corrected chi connectivity index (χ4v) is 2.58. The van der Waals surface area contributed by atoms with E-state index in [4.69, 9.17) is 9.84 Å². The molecular formula is C17H15N5O6. The number of carbonyl (C=O) groups is 2. The Morgan fingerprint density at radius 1 is 1.18 bits per heavy atom. The molecule has 3 aromatic rings. The molecule has 0 spiro atoms. The molecule has 0 fully saturated rings. The Balaban J connectivity index is 2.15. The Morgan fingerprint density at radius 2 is 1.82 bits per heavy atom. The SMILES string of the molecule is COc1ncc(-c2cnc3c(c2)c(O)c(C(=O)NCC(=O)O)c(=O)n3C)cn1. The predicted molar refractivity (Wildman–Crippen MR) is 96.2 cm³/mol. The Kier molecular flexibility index (Phi) is 4.90. The second-order valence-corrected chi connectivity index (χ2v) is 5.72. The first-order valence-corrected chi connectivity index (χ1v) is 7.91. The van der Waals surface area contributed by atoms with Crippen molar-refractivity contribution in [2.24, 2.45) is 7.05 Å². The minimum Gasteiger partial charge on any atom is -0.506 e. The van der Waals surface area contributed by atoms with Gasteiger partial charge in [-0.1, -0.05) is 0 Å². The first-order valence-electron chi connectivity index (χ1n) is 7.91. The van der Waals surface area contributed by atoms with Gasteiger partial charge in [-0.25, -0.2) is 15.0 Å². The number of rotatable bonds is 5. The molecule has 0 saturated heterocycles. The molecule has 0 aliphatic rings. The summed E-state index contributed by atoms with van der Waals surface area (Å²) in [5.74, 6) is -2.88. The highest BCUT2D eigenvalue weighted by Crippen LogP contribution is 2.29. The zero-order valence-corrected chi connectivity index (χ0v) is 14.8. The van der Waals surface area contributed by atoms with Crippen LogP contribution >= 0.6 is 0 Å². The van der Waals surface area contributed by atoms with Gasteiger partial charge in [-0.2, -0.15) is 0 Å². The summed E-state index contributed by atoms with van der Waals surface area (Å²) in [7, 11) is 2.82. The van der Waals surface area contributed by atoms with E-state index in [0.29, 0.717) is 11.1 Å². The van der Waals surface area contributed by atoms with Crippen LogP contribution in [0.15, 0.2) is 29.5 Å². The number of aromatic nitrogens is 4. The third-order valence-electron chi connectivity index (χ3n) is 3.97. The quantitative estimate of drug-likeness (QED) is 0.546. The average Bonchev–Trinajstić information content (AvgIpc) is 2.70. The topological polar surface area (TPSA) is 157 Å². The van der Waals surface area contributed by atoms with E-state index in [9.17, 15) is 19.5 Å². The molecule has 144 valence electrons. The molecule has 11 heteroatoms. The third-order valence-corrected chi connectivity index (χ3v) is 3.97. The van der Waals surface area contributed by atoms with Crippen molar-refractivity contribution in [3.63, 3.8) is 0 Å². The molecule has 0 saturated carbocycles. The van der Waals surface area contributed by atoms with Crippen molar-refractivity contribution in [2.75, 3.05) is 13.7 Å². The van der Waals surface area contributed by atoms with Crippen LogP contribution in [0.25, 0.3) is 22.2 Å². The van der Waals surface area contributed by atoms with E-state index in [1.165, 1.54) is 38.8 Å². The molecule has 3 heterocycles. The molecule has 11 nitrogen and oxygen atoms in total. The Morgan fingerprint density at radius 3 is 2.43 bits per heavy atom. The van der Waals surface area contributed by atoms with Crippen molar-refractivity contribution < 1.29 is 24.5 Å². The summed E-state index contributed by atoms with van der Waals surface area (Å²) in [6.07, 6.45) is 4.46. The highest BCUT2D eigenvalue weighted by atomic mass is 16.5. The number of carbonyl (C=O) groups excluding carboxylic acids is 1. The first kappa shape index (κ1) is 18.8. The van der Waals surface area contributed by atoms with E-state index in [2.05, 4.69) is 20.3 Å². The zero-order chi connectivity index (χ0) is 20.4. The van der Waals surface area contributed by atoms with Gasteiger partial charge in [-0.05, 0) is 6.07 Å². The van der Waals surface area contributed by atoms with Crippen LogP contribution in [0.5, 0.6) is 11.8 Å². The van der Waals surface area contributed by atoms with Gasteiger partial charge in [0.1, 0.15) is 23.5 Å². The van der Waals surface area contributed by atoms with Gasteiger partial charge in [0.15, 0.2) is 0 Å². The summed E-state index contributed by atoms with van der Waals surface area (Å²) >= 11 is 0. The molecule has 3 N–H and O–H groups in total. The van der Waals surface area contributed by atoms with Crippen molar-refractivity contribution >= 4 is 22.9 Å². The van der Waals surface area contributed by atoms with Gasteiger partial charge in [-0.15, -0.1) is 0 Å². The van der Waals surface area contributed by atoms with E-state index in [1.807, 2.05) is 0 Å². The molecule has 0 radical (unpaired) electrons. The number of aromatic hydroxyl groups is 1. The summed E-state index contributed by atoms with van der Waals surface area (Å²) < 4.78 is 6.00. The lowest BCUT2D eigenvalue weighted by Gasteiger charge is -2.12. The van der Waals surface area contributed by atoms with Gasteiger partial charge in [0.05, 0.1) is 12.5 Å². The largest absolute Gasteiger partial charge is 0.506 e. The number of hydrogen-bond acceptors (Lipinski definition) is 8. The number of nitrogens with zero attached hydrogens (tertiary/aromatic N) is 4. The summed E-state index contributed by atoms with van der Waals surface area (Å²) in [6.45, 7) is -0.694. The van der Waals surface area contributed by atoms with Gasteiger partial charge in [-0.3, -0.25) is 19.0 Å². The molecule has 0 aliphatic carbocycles. The number of hydrogen-bond donors (Lipinski definition) is 3. The minimum absolute atomic E-state index is 0.135. The number of methoxy groups -OCH3 is 1. The predicted octanol–water partition coefficient (Wildman–Crippen LogP) is -0.0809. The number of ether oxygens (including phenoxy) is 1. The van der Waals surface area contributed by atoms with E-state index < -0.39 is 35.3 Å². The fraction of sp³-hybridized carbons (Fsp3) is 0.176. The van der Waals surface area contributed by atoms with Gasteiger partial charge >= 0.3 is 12.0 Å². The number of aliphatic carboxylic acids is 1. The first-order chi connectivity index (χ1) is 13.3. The maximum atomic E-state index is 12.4. The average molecular weight is 385 g/mol. The Hall–Kier alpha value is -4.02. The van der Waals surface area contributed by atoms with Crippen LogP contribution in [-0.4, -0.2) is 55.3 Å². The minimum atomic E-state index is -1.28. The Bertz CT molecular complexity index is 1140. The number of amides is 1. The van der Waals surface area contributed by atoms with Crippen LogP contribution in [0.2, 0.25) is 0 Å². The number of carboxylic acids is 1. The number of fused-ring (bicyclic) bond motifs is 1. The monoisotopic (exact) mass is 385 g/mol. The second-order valence-electron chi connectivity index (χ2n) is 5.72. The summed E-state index contributed by atoms with van der Waals surface area (Å²) in [4.78, 5) is 47.5. The lowest BCUT2D eigenvalue weighted by atomic mass is 10.1. The van der Waals surface area contributed by atoms with Crippen molar-refractivity contribution in [3.8, 4) is 22.9 Å². The molecule has 1 amide bonds. The molecular weight excluding hydrogens is 370 g/mol. The van der Waals surface area contributed by atoms with Gasteiger partial charge < -0.3 is 20.3 Å². The highest BCUT2D eigenvalue weighted by Gasteiger charge is 2.22. The van der Waals surface area contributed by atoms with Crippen molar-refractivity contribution in [1.29, 1.82) is 0 Å². The van der Waals surface area contributed by atoms with E-state index >= 15 is 0 Å². The number of carboxylic acid groups (broad SMARTS) is 1. The van der Waals surface area contributed by atoms with Crippen LogP contribution in [0.4, 0.5) is 0 Å². The number of pyridine rings is 2. The highest BCUT2D eigenvalue weighted by molar-refractivity contribution is 6.03. The molecule has 3 aromatic heterocycles. The zero-order valence-electron chi connectivity index (χ0n) is 14.8. The summed E-state index contributed by atoms with van der Waals surface area (Å²) in [6, 6.07) is 1.70. The number of aryl methyl sites for hydroxylation is 1. The standard InChI is InChI=1S/C17H15N5O6/c1-22-14-10(13(25)12(16(22)27)15(26)19-7-11(23)24)3-8(4-18-14)9-5-20-17(28-2)21-6-9/h3-6,25H,7H2,1-2H3,(H,19,26)(H,23,24). The van der Waals surface area contributed by atoms with E-state index in [0.717, 1.165) is 4.57 Å². The van der Waals surface area contributed by atoms with Gasteiger partial charge in [0, 0.05) is 36.8 Å². The summed E-state index contributed by atoms with van der Waals surface area (Å²) in [5, 5.41) is 21.4. The van der Waals surface area contributed by atoms with Gasteiger partial charge in [0.2, 0.25) is 0 Å². The number of nitrogens with one attached hydrogen (secondary N) is 1. The maximum absolute atomic E-state index is 12.4. The normalized spacial score (nSPS) is 10.6. The lowest BCUT2D eigenvalue weighted by molar-refractivity contribution is -0.135. The van der Waals surface area contributed by atoms with Crippen molar-refractivity contribution in [2.45, 2.75) is 0 Å². The van der Waals surface area contributed by atoms with E-state index in [1.54, 1.807) is 0 Å². The molecule has 3 rings (SSSR count). The van der Waals surface area contributed by atoms with Crippen molar-refractivity contribution in [3.05, 3.63) is 40.6 Å².